The topological polar surface area (TPSA) is 75.2 Å². The molecule has 0 unspecified atom stereocenters. The minimum atomic E-state index is -0.375. The summed E-state index contributed by atoms with van der Waals surface area (Å²) in [7, 11) is 0. The van der Waals surface area contributed by atoms with Gasteiger partial charge in [-0.05, 0) is 30.2 Å². The second kappa shape index (κ2) is 5.49. The van der Waals surface area contributed by atoms with Crippen LogP contribution in [0.2, 0.25) is 0 Å². The summed E-state index contributed by atoms with van der Waals surface area (Å²) in [6, 6.07) is 14.3. The fraction of sp³-hybridized carbons (Fsp3) is 0.167. The molecule has 6 nitrogen and oxygen atoms in total. The van der Waals surface area contributed by atoms with Crippen LogP contribution < -0.4 is 16.0 Å². The molecule has 0 aliphatic carbocycles. The second-order valence-electron chi connectivity index (χ2n) is 5.80. The second-order valence-corrected chi connectivity index (χ2v) is 5.80. The number of fused-ring (bicyclic) bond motifs is 2. The summed E-state index contributed by atoms with van der Waals surface area (Å²) < 4.78 is 1.09. The molecule has 0 spiro atoms. The highest BCUT2D eigenvalue weighted by Crippen LogP contribution is 2.27. The number of H-pyrrole nitrogens is 1. The molecule has 0 bridgehead atoms. The van der Waals surface area contributed by atoms with Gasteiger partial charge in [-0.3, -0.25) is 19.5 Å². The van der Waals surface area contributed by atoms with Crippen molar-refractivity contribution in [1.29, 1.82) is 0 Å². The average Bonchev–Trinajstić information content (AvgIpc) is 3.03. The fourth-order valence-electron chi connectivity index (χ4n) is 3.18. The van der Waals surface area contributed by atoms with Crippen molar-refractivity contribution in [3.8, 4) is 0 Å². The van der Waals surface area contributed by atoms with Gasteiger partial charge in [0.2, 0.25) is 5.91 Å². The van der Waals surface area contributed by atoms with Crippen molar-refractivity contribution in [1.82, 2.24) is 9.78 Å². The Kier molecular flexibility index (Phi) is 3.30. The first-order valence-corrected chi connectivity index (χ1v) is 7.75. The summed E-state index contributed by atoms with van der Waals surface area (Å²) in [6.45, 7) is 0.401. The molecular weight excluding hydrogens is 306 g/mol. The lowest BCUT2D eigenvalue weighted by Gasteiger charge is -2.18. The van der Waals surface area contributed by atoms with E-state index in [2.05, 4.69) is 5.10 Å². The van der Waals surface area contributed by atoms with E-state index in [-0.39, 0.29) is 23.6 Å². The van der Waals surface area contributed by atoms with Crippen molar-refractivity contribution >= 4 is 22.4 Å². The third kappa shape index (κ3) is 2.23. The maximum atomic E-state index is 12.6. The largest absolute Gasteiger partial charge is 0.310 e. The molecule has 0 saturated heterocycles. The molecule has 1 aliphatic heterocycles. The van der Waals surface area contributed by atoms with Crippen molar-refractivity contribution in [3.63, 3.8) is 0 Å². The number of benzene rings is 2. The smallest absolute Gasteiger partial charge is 0.273 e. The summed E-state index contributed by atoms with van der Waals surface area (Å²) in [6.07, 6.45) is 0.797. The molecule has 1 aromatic heterocycles. The highest BCUT2D eigenvalue weighted by Gasteiger charge is 2.24. The van der Waals surface area contributed by atoms with Crippen LogP contribution in [0.5, 0.6) is 0 Å². The Hall–Kier alpha value is -3.15. The van der Waals surface area contributed by atoms with Crippen LogP contribution in [-0.4, -0.2) is 22.2 Å². The normalized spacial score (nSPS) is 13.2. The zero-order valence-corrected chi connectivity index (χ0v) is 12.9. The lowest BCUT2D eigenvalue weighted by atomic mass is 10.2. The van der Waals surface area contributed by atoms with E-state index >= 15 is 0 Å². The number of aromatic amines is 1. The summed E-state index contributed by atoms with van der Waals surface area (Å²) in [5.41, 5.74) is 1.25. The maximum absolute atomic E-state index is 12.6. The lowest BCUT2D eigenvalue weighted by molar-refractivity contribution is -0.119. The van der Waals surface area contributed by atoms with Crippen LogP contribution in [0, 0.1) is 0 Å². The molecule has 24 heavy (non-hydrogen) atoms. The number of amides is 1. The summed E-state index contributed by atoms with van der Waals surface area (Å²) in [5.74, 6) is -0.215. The van der Waals surface area contributed by atoms with E-state index < -0.39 is 0 Å². The zero-order chi connectivity index (χ0) is 16.7. The van der Waals surface area contributed by atoms with Gasteiger partial charge in [0.1, 0.15) is 6.54 Å². The summed E-state index contributed by atoms with van der Waals surface area (Å²) in [4.78, 5) is 38.9. The maximum Gasteiger partial charge on any atom is 0.273 e. The molecule has 2 aromatic carbocycles. The Balaban J connectivity index is 1.71. The van der Waals surface area contributed by atoms with Crippen molar-refractivity contribution in [2.45, 2.75) is 13.0 Å². The standard InChI is InChI=1S/C18H15N3O3/c22-16(20-10-9-12-5-1-4-8-15(12)20)11-21-18(24)14-7-3-2-6-13(14)17(23)19-21/h1-8H,9-11H2,(H,19,23). The van der Waals surface area contributed by atoms with Crippen molar-refractivity contribution in [2.24, 2.45) is 0 Å². The minimum Gasteiger partial charge on any atom is -0.310 e. The van der Waals surface area contributed by atoms with Crippen LogP contribution in [-0.2, 0) is 17.8 Å². The highest BCUT2D eigenvalue weighted by atomic mass is 16.2. The number of carbonyl (C=O) groups excluding carboxylic acids is 1. The van der Waals surface area contributed by atoms with Crippen LogP contribution in [0.3, 0.4) is 0 Å². The molecule has 3 aromatic rings. The van der Waals surface area contributed by atoms with Gasteiger partial charge in [0.15, 0.2) is 0 Å². The number of carbonyl (C=O) groups is 1. The third-order valence-electron chi connectivity index (χ3n) is 4.37. The van der Waals surface area contributed by atoms with Gasteiger partial charge < -0.3 is 4.90 Å². The first kappa shape index (κ1) is 14.4. The third-order valence-corrected chi connectivity index (χ3v) is 4.37. The number of para-hydroxylation sites is 1. The van der Waals surface area contributed by atoms with Crippen LogP contribution in [0.25, 0.3) is 10.8 Å². The molecule has 0 fully saturated rings. The number of nitrogens with one attached hydrogen (secondary N) is 1. The molecule has 1 aliphatic rings. The first-order chi connectivity index (χ1) is 11.6. The molecule has 0 saturated carbocycles. The van der Waals surface area contributed by atoms with E-state index in [4.69, 9.17) is 0 Å². The van der Waals surface area contributed by atoms with Crippen LogP contribution >= 0.6 is 0 Å². The van der Waals surface area contributed by atoms with E-state index in [9.17, 15) is 14.4 Å². The van der Waals surface area contributed by atoms with Crippen molar-refractivity contribution in [3.05, 3.63) is 74.8 Å². The van der Waals surface area contributed by atoms with Crippen LogP contribution in [0.15, 0.2) is 58.1 Å². The van der Waals surface area contributed by atoms with Gasteiger partial charge in [-0.2, -0.15) is 0 Å². The van der Waals surface area contributed by atoms with Crippen LogP contribution in [0.1, 0.15) is 5.56 Å². The predicted molar refractivity (Wildman–Crippen MR) is 91.3 cm³/mol. The molecule has 4 rings (SSSR count). The molecule has 120 valence electrons. The molecule has 0 atom stereocenters. The number of hydrogen-bond acceptors (Lipinski definition) is 3. The van der Waals surface area contributed by atoms with E-state index in [1.165, 1.54) is 0 Å². The Morgan fingerprint density at radius 3 is 2.54 bits per heavy atom. The van der Waals surface area contributed by atoms with Gasteiger partial charge in [0.25, 0.3) is 11.1 Å². The molecule has 1 N–H and O–H groups in total. The van der Waals surface area contributed by atoms with E-state index in [0.717, 1.165) is 22.4 Å². The average molecular weight is 321 g/mol. The highest BCUT2D eigenvalue weighted by molar-refractivity contribution is 5.95. The zero-order valence-electron chi connectivity index (χ0n) is 12.9. The molecule has 0 radical (unpaired) electrons. The van der Waals surface area contributed by atoms with Crippen molar-refractivity contribution < 1.29 is 4.79 Å². The van der Waals surface area contributed by atoms with E-state index in [1.807, 2.05) is 24.3 Å². The number of hydrogen-bond donors (Lipinski definition) is 1. The Labute approximate surface area is 136 Å². The van der Waals surface area contributed by atoms with Gasteiger partial charge in [-0.15, -0.1) is 0 Å². The Bertz CT molecular complexity index is 1060. The quantitative estimate of drug-likeness (QED) is 0.772. The van der Waals surface area contributed by atoms with Gasteiger partial charge in [0, 0.05) is 12.2 Å². The molecule has 6 heteroatoms. The lowest BCUT2D eigenvalue weighted by Crippen LogP contribution is -2.38. The minimum absolute atomic E-state index is 0.187. The summed E-state index contributed by atoms with van der Waals surface area (Å²) in [5, 5.41) is 3.14. The van der Waals surface area contributed by atoms with E-state index in [0.29, 0.717) is 17.3 Å². The first-order valence-electron chi connectivity index (χ1n) is 7.75. The Morgan fingerprint density at radius 2 is 1.71 bits per heavy atom. The molecular formula is C18H15N3O3. The monoisotopic (exact) mass is 321 g/mol. The van der Waals surface area contributed by atoms with Crippen LogP contribution in [0.4, 0.5) is 5.69 Å². The summed E-state index contributed by atoms with van der Waals surface area (Å²) >= 11 is 0. The molecule has 2 heterocycles. The number of nitrogens with zero attached hydrogens (tertiary/aromatic N) is 2. The van der Waals surface area contributed by atoms with Gasteiger partial charge >= 0.3 is 0 Å². The van der Waals surface area contributed by atoms with E-state index in [1.54, 1.807) is 29.2 Å². The number of aromatic nitrogens is 2. The van der Waals surface area contributed by atoms with Gasteiger partial charge in [-0.25, -0.2) is 4.68 Å². The van der Waals surface area contributed by atoms with Crippen molar-refractivity contribution in [2.75, 3.05) is 11.4 Å². The van der Waals surface area contributed by atoms with Gasteiger partial charge in [-0.1, -0.05) is 30.3 Å². The number of rotatable bonds is 2. The molecule has 1 amide bonds. The SMILES string of the molecule is O=C(Cn1[nH]c(=O)c2ccccc2c1=O)N1CCc2ccccc21. The number of anilines is 1. The van der Waals surface area contributed by atoms with Gasteiger partial charge in [0.05, 0.1) is 10.8 Å². The Morgan fingerprint density at radius 1 is 1.00 bits per heavy atom. The predicted octanol–water partition coefficient (Wildman–Crippen LogP) is 1.28. The fourth-order valence-corrected chi connectivity index (χ4v) is 3.18.